The Bertz CT molecular complexity index is 1060. The number of nitro benzene ring substituents is 1. The van der Waals surface area contributed by atoms with Gasteiger partial charge in [0, 0.05) is 12.1 Å². The molecule has 0 atom stereocenters. The summed E-state index contributed by atoms with van der Waals surface area (Å²) in [5.74, 6) is -0.931. The van der Waals surface area contributed by atoms with Crippen LogP contribution < -0.4 is 0 Å². The van der Waals surface area contributed by atoms with Gasteiger partial charge in [-0.05, 0) is 53.6 Å². The lowest BCUT2D eigenvalue weighted by Gasteiger charge is -2.12. The number of carbonyl (C=O) groups is 3. The first-order valence-electron chi connectivity index (χ1n) is 8.48. The highest BCUT2D eigenvalue weighted by Gasteiger charge is 2.35. The van der Waals surface area contributed by atoms with Crippen LogP contribution in [0.3, 0.4) is 0 Å². The fraction of sp³-hybridized carbons (Fsp3) is 0.150. The number of nitrogens with zero attached hydrogens (tertiary/aromatic N) is 2. The third kappa shape index (κ3) is 4.35. The molecule has 0 bridgehead atoms. The van der Waals surface area contributed by atoms with Crippen molar-refractivity contribution in [3.8, 4) is 0 Å². The molecule has 0 aliphatic carbocycles. The van der Waals surface area contributed by atoms with Crippen LogP contribution in [0.5, 0.6) is 0 Å². The van der Waals surface area contributed by atoms with Crippen LogP contribution >= 0.6 is 11.8 Å². The number of amides is 2. The van der Waals surface area contributed by atoms with Gasteiger partial charge in [0.15, 0.2) is 0 Å². The summed E-state index contributed by atoms with van der Waals surface area (Å²) in [4.78, 5) is 48.3. The molecule has 2 aromatic carbocycles. The first kappa shape index (κ1) is 20.3. The Kier molecular flexibility index (Phi) is 5.79. The number of esters is 1. The predicted octanol–water partition coefficient (Wildman–Crippen LogP) is 3.93. The zero-order chi connectivity index (χ0) is 21.1. The maximum atomic E-state index is 12.7. The molecule has 2 amide bonds. The molecule has 0 N–H and O–H groups in total. The molecule has 0 saturated carbocycles. The molecule has 29 heavy (non-hydrogen) atoms. The number of hydrogen-bond acceptors (Lipinski definition) is 7. The highest BCUT2D eigenvalue weighted by atomic mass is 32.2. The summed E-state index contributed by atoms with van der Waals surface area (Å²) >= 11 is 0.803. The van der Waals surface area contributed by atoms with Gasteiger partial charge in [-0.25, -0.2) is 4.79 Å². The summed E-state index contributed by atoms with van der Waals surface area (Å²) in [5.41, 5.74) is 2.21. The van der Waals surface area contributed by atoms with Crippen molar-refractivity contribution < 1.29 is 24.0 Å². The summed E-state index contributed by atoms with van der Waals surface area (Å²) < 4.78 is 4.68. The number of rotatable bonds is 5. The van der Waals surface area contributed by atoms with Crippen LogP contribution in [-0.2, 0) is 16.1 Å². The predicted molar refractivity (Wildman–Crippen MR) is 107 cm³/mol. The smallest absolute Gasteiger partial charge is 0.337 e. The van der Waals surface area contributed by atoms with Crippen LogP contribution in [-0.4, -0.2) is 34.0 Å². The van der Waals surface area contributed by atoms with E-state index in [2.05, 4.69) is 4.74 Å². The zero-order valence-corrected chi connectivity index (χ0v) is 16.4. The number of methoxy groups -OCH3 is 1. The summed E-state index contributed by atoms with van der Waals surface area (Å²) in [6.07, 6.45) is 1.59. The van der Waals surface area contributed by atoms with Gasteiger partial charge in [-0.2, -0.15) is 0 Å². The molecule has 1 aliphatic rings. The van der Waals surface area contributed by atoms with Crippen LogP contribution in [0.2, 0.25) is 0 Å². The van der Waals surface area contributed by atoms with Gasteiger partial charge in [-0.15, -0.1) is 0 Å². The second-order valence-corrected chi connectivity index (χ2v) is 7.25. The Morgan fingerprint density at radius 1 is 1.24 bits per heavy atom. The van der Waals surface area contributed by atoms with Gasteiger partial charge in [0.05, 0.1) is 29.0 Å². The van der Waals surface area contributed by atoms with E-state index >= 15 is 0 Å². The van der Waals surface area contributed by atoms with E-state index < -0.39 is 22.0 Å². The number of carbonyl (C=O) groups excluding carboxylic acids is 3. The quantitative estimate of drug-likeness (QED) is 0.317. The highest BCUT2D eigenvalue weighted by Crippen LogP contribution is 2.34. The second-order valence-electron chi connectivity index (χ2n) is 6.26. The number of nitro groups is 1. The van der Waals surface area contributed by atoms with Gasteiger partial charge >= 0.3 is 5.97 Å². The normalized spacial score (nSPS) is 15.1. The number of non-ortho nitro benzene ring substituents is 1. The highest BCUT2D eigenvalue weighted by molar-refractivity contribution is 8.18. The average molecular weight is 412 g/mol. The van der Waals surface area contributed by atoms with Crippen LogP contribution in [0.4, 0.5) is 10.5 Å². The minimum atomic E-state index is -0.530. The van der Waals surface area contributed by atoms with E-state index in [1.807, 2.05) is 0 Å². The van der Waals surface area contributed by atoms with E-state index in [9.17, 15) is 24.5 Å². The van der Waals surface area contributed by atoms with E-state index in [1.165, 1.54) is 25.3 Å². The van der Waals surface area contributed by atoms with E-state index in [0.29, 0.717) is 16.7 Å². The van der Waals surface area contributed by atoms with Gasteiger partial charge in [0.1, 0.15) is 0 Å². The lowest BCUT2D eigenvalue weighted by molar-refractivity contribution is -0.384. The minimum Gasteiger partial charge on any atom is -0.465 e. The largest absolute Gasteiger partial charge is 0.465 e. The Hall–Kier alpha value is -3.46. The van der Waals surface area contributed by atoms with Crippen LogP contribution in [0, 0.1) is 17.0 Å². The van der Waals surface area contributed by atoms with Crippen molar-refractivity contribution in [2.24, 2.45) is 0 Å². The molecule has 0 radical (unpaired) electrons. The first-order chi connectivity index (χ1) is 13.8. The molecular weight excluding hydrogens is 396 g/mol. The Labute approximate surface area is 170 Å². The van der Waals surface area contributed by atoms with E-state index in [-0.39, 0.29) is 17.1 Å². The number of benzene rings is 2. The molecule has 0 spiro atoms. The van der Waals surface area contributed by atoms with Gasteiger partial charge in [-0.1, -0.05) is 18.2 Å². The van der Waals surface area contributed by atoms with Gasteiger partial charge < -0.3 is 4.74 Å². The molecular formula is C20H16N2O6S. The molecule has 3 rings (SSSR count). The summed E-state index contributed by atoms with van der Waals surface area (Å²) in [6, 6.07) is 10.7. The third-order valence-corrected chi connectivity index (χ3v) is 5.22. The monoisotopic (exact) mass is 412 g/mol. The summed E-state index contributed by atoms with van der Waals surface area (Å²) in [7, 11) is 1.29. The minimum absolute atomic E-state index is 0.0516. The number of hydrogen-bond donors (Lipinski definition) is 0. The maximum absolute atomic E-state index is 12.7. The Morgan fingerprint density at radius 3 is 2.66 bits per heavy atom. The fourth-order valence-corrected chi connectivity index (χ4v) is 3.64. The summed E-state index contributed by atoms with van der Waals surface area (Å²) in [6.45, 7) is 1.73. The van der Waals surface area contributed by atoms with E-state index in [0.717, 1.165) is 22.2 Å². The molecule has 0 aromatic heterocycles. The van der Waals surface area contributed by atoms with Crippen molar-refractivity contribution >= 4 is 40.6 Å². The van der Waals surface area contributed by atoms with Crippen molar-refractivity contribution in [1.29, 1.82) is 0 Å². The van der Waals surface area contributed by atoms with Crippen LogP contribution in [0.1, 0.15) is 27.0 Å². The van der Waals surface area contributed by atoms with Gasteiger partial charge in [0.25, 0.3) is 16.8 Å². The second kappa shape index (κ2) is 8.27. The van der Waals surface area contributed by atoms with E-state index in [4.69, 9.17) is 0 Å². The molecule has 148 valence electrons. The lowest BCUT2D eigenvalue weighted by Crippen LogP contribution is -2.27. The van der Waals surface area contributed by atoms with Crippen molar-refractivity contribution in [3.63, 3.8) is 0 Å². The standard InChI is InChI=1S/C20H16N2O6S/c1-12-8-15(19(24)28-2)7-6-14(12)10-17-18(23)21(20(25)29-17)11-13-4-3-5-16(9-13)22(26)27/h3-10H,11H2,1-2H3/b17-10-. The molecule has 8 nitrogen and oxygen atoms in total. The Morgan fingerprint density at radius 2 is 2.00 bits per heavy atom. The van der Waals surface area contributed by atoms with Crippen molar-refractivity contribution in [3.05, 3.63) is 79.7 Å². The third-order valence-electron chi connectivity index (χ3n) is 4.31. The summed E-state index contributed by atoms with van der Waals surface area (Å²) in [5, 5.41) is 10.5. The lowest BCUT2D eigenvalue weighted by atomic mass is 10.0. The molecule has 1 aliphatic heterocycles. The van der Waals surface area contributed by atoms with Crippen LogP contribution in [0.15, 0.2) is 47.4 Å². The number of thioether (sulfide) groups is 1. The zero-order valence-electron chi connectivity index (χ0n) is 15.6. The fourth-order valence-electron chi connectivity index (χ4n) is 2.81. The van der Waals surface area contributed by atoms with Crippen LogP contribution in [0.25, 0.3) is 6.08 Å². The number of imide groups is 1. The first-order valence-corrected chi connectivity index (χ1v) is 9.29. The maximum Gasteiger partial charge on any atom is 0.337 e. The molecule has 9 heteroatoms. The van der Waals surface area contributed by atoms with Crippen molar-refractivity contribution in [2.45, 2.75) is 13.5 Å². The topological polar surface area (TPSA) is 107 Å². The van der Waals surface area contributed by atoms with Gasteiger partial charge in [0.2, 0.25) is 0 Å². The van der Waals surface area contributed by atoms with Crippen molar-refractivity contribution in [1.82, 2.24) is 4.90 Å². The average Bonchev–Trinajstić information content (AvgIpc) is 2.96. The number of ether oxygens (including phenoxy) is 1. The molecule has 1 heterocycles. The molecule has 0 unspecified atom stereocenters. The van der Waals surface area contributed by atoms with Crippen molar-refractivity contribution in [2.75, 3.05) is 7.11 Å². The Balaban J connectivity index is 1.82. The van der Waals surface area contributed by atoms with E-state index in [1.54, 1.807) is 37.3 Å². The molecule has 1 saturated heterocycles. The van der Waals surface area contributed by atoms with Gasteiger partial charge in [-0.3, -0.25) is 24.6 Å². The molecule has 1 fully saturated rings. The number of aryl methyl sites for hydroxylation is 1. The SMILES string of the molecule is COC(=O)c1ccc(/C=C2\SC(=O)N(Cc3cccc([N+](=O)[O-])c3)C2=O)c(C)c1. The molecule has 2 aromatic rings.